The molecular weight excluding hydrogens is 132 g/mol. The summed E-state index contributed by atoms with van der Waals surface area (Å²) < 4.78 is 4.80. The predicted molar refractivity (Wildman–Crippen MR) is 37.6 cm³/mol. The fraction of sp³-hybridized carbons (Fsp3) is 0.571. The molecule has 0 atom stereocenters. The zero-order chi connectivity index (χ0) is 7.98. The maximum atomic E-state index is 10.3. The van der Waals surface area contributed by atoms with E-state index in [-0.39, 0.29) is 0 Å². The van der Waals surface area contributed by atoms with Crippen molar-refractivity contribution in [3.05, 3.63) is 11.8 Å². The molecule has 0 unspecified atom stereocenters. The standard InChI is InChI=1S/C7H12O3/c1-3-6(7(8)9)5-10-4-2/h5H,3-4H2,1-2H3,(H,8,9). The van der Waals surface area contributed by atoms with Crippen molar-refractivity contribution in [1.82, 2.24) is 0 Å². The van der Waals surface area contributed by atoms with E-state index in [0.717, 1.165) is 0 Å². The van der Waals surface area contributed by atoms with Crippen LogP contribution in [-0.4, -0.2) is 17.7 Å². The lowest BCUT2D eigenvalue weighted by Crippen LogP contribution is -1.99. The molecule has 0 saturated carbocycles. The van der Waals surface area contributed by atoms with Gasteiger partial charge in [0, 0.05) is 0 Å². The van der Waals surface area contributed by atoms with Gasteiger partial charge in [0.25, 0.3) is 0 Å². The van der Waals surface area contributed by atoms with Gasteiger partial charge in [-0.05, 0) is 13.3 Å². The summed E-state index contributed by atoms with van der Waals surface area (Å²) in [4.78, 5) is 10.3. The highest BCUT2D eigenvalue weighted by Crippen LogP contribution is 1.99. The van der Waals surface area contributed by atoms with Crippen molar-refractivity contribution < 1.29 is 14.6 Å². The van der Waals surface area contributed by atoms with Gasteiger partial charge in [0.1, 0.15) is 0 Å². The number of ether oxygens (including phenoxy) is 1. The summed E-state index contributed by atoms with van der Waals surface area (Å²) in [5, 5.41) is 8.45. The summed E-state index contributed by atoms with van der Waals surface area (Å²) >= 11 is 0. The Morgan fingerprint density at radius 3 is 2.50 bits per heavy atom. The molecule has 0 aliphatic rings. The van der Waals surface area contributed by atoms with Crippen molar-refractivity contribution in [1.29, 1.82) is 0 Å². The van der Waals surface area contributed by atoms with Gasteiger partial charge in [0.2, 0.25) is 0 Å². The number of hydrogen-bond acceptors (Lipinski definition) is 2. The molecule has 0 aromatic carbocycles. The SMILES string of the molecule is CCOC=C(CC)C(=O)O. The van der Waals surface area contributed by atoms with E-state index in [1.807, 2.05) is 6.92 Å². The molecule has 0 fully saturated rings. The van der Waals surface area contributed by atoms with Gasteiger partial charge in [-0.25, -0.2) is 4.79 Å². The van der Waals surface area contributed by atoms with Crippen LogP contribution in [0, 0.1) is 0 Å². The molecule has 10 heavy (non-hydrogen) atoms. The number of carbonyl (C=O) groups is 1. The number of aliphatic carboxylic acids is 1. The summed E-state index contributed by atoms with van der Waals surface area (Å²) in [5.74, 6) is -0.907. The van der Waals surface area contributed by atoms with Crippen molar-refractivity contribution >= 4 is 5.97 Å². The minimum atomic E-state index is -0.907. The normalized spacial score (nSPS) is 11.2. The van der Waals surface area contributed by atoms with Crippen molar-refractivity contribution in [3.8, 4) is 0 Å². The first-order valence-corrected chi connectivity index (χ1v) is 3.26. The highest BCUT2D eigenvalue weighted by atomic mass is 16.5. The fourth-order valence-corrected chi connectivity index (χ4v) is 0.469. The van der Waals surface area contributed by atoms with Crippen LogP contribution in [0.3, 0.4) is 0 Å². The molecule has 0 aliphatic heterocycles. The third-order valence-electron chi connectivity index (χ3n) is 1.05. The largest absolute Gasteiger partial charge is 0.501 e. The van der Waals surface area contributed by atoms with Gasteiger partial charge in [0.05, 0.1) is 18.4 Å². The fourth-order valence-electron chi connectivity index (χ4n) is 0.469. The van der Waals surface area contributed by atoms with Gasteiger partial charge in [0.15, 0.2) is 0 Å². The van der Waals surface area contributed by atoms with Gasteiger partial charge in [-0.3, -0.25) is 0 Å². The zero-order valence-corrected chi connectivity index (χ0v) is 6.26. The lowest BCUT2D eigenvalue weighted by Gasteiger charge is -1.97. The van der Waals surface area contributed by atoms with Crippen molar-refractivity contribution in [2.45, 2.75) is 20.3 Å². The van der Waals surface area contributed by atoms with E-state index in [0.29, 0.717) is 18.6 Å². The molecular formula is C7H12O3. The Kier molecular flexibility index (Phi) is 4.37. The van der Waals surface area contributed by atoms with Gasteiger partial charge in [-0.1, -0.05) is 6.92 Å². The maximum absolute atomic E-state index is 10.3. The van der Waals surface area contributed by atoms with Crippen LogP contribution < -0.4 is 0 Å². The van der Waals surface area contributed by atoms with Crippen LogP contribution >= 0.6 is 0 Å². The van der Waals surface area contributed by atoms with E-state index in [4.69, 9.17) is 9.84 Å². The summed E-state index contributed by atoms with van der Waals surface area (Å²) in [6, 6.07) is 0. The van der Waals surface area contributed by atoms with E-state index >= 15 is 0 Å². The van der Waals surface area contributed by atoms with E-state index in [2.05, 4.69) is 0 Å². The average Bonchev–Trinajstić information content (AvgIpc) is 1.89. The molecule has 0 amide bonds. The van der Waals surface area contributed by atoms with Crippen LogP contribution in [0.15, 0.2) is 11.8 Å². The third kappa shape index (κ3) is 3.12. The van der Waals surface area contributed by atoms with Crippen LogP contribution in [0.5, 0.6) is 0 Å². The Bertz CT molecular complexity index is 138. The molecule has 3 nitrogen and oxygen atoms in total. The molecule has 0 spiro atoms. The molecule has 1 N–H and O–H groups in total. The number of carboxylic acids is 1. The van der Waals surface area contributed by atoms with Gasteiger partial charge in [-0.15, -0.1) is 0 Å². The monoisotopic (exact) mass is 144 g/mol. The molecule has 0 saturated heterocycles. The quantitative estimate of drug-likeness (QED) is 0.479. The molecule has 0 radical (unpaired) electrons. The van der Waals surface area contributed by atoms with Crippen molar-refractivity contribution in [2.24, 2.45) is 0 Å². The second kappa shape index (κ2) is 4.85. The molecule has 0 aromatic rings. The highest BCUT2D eigenvalue weighted by molar-refractivity contribution is 5.86. The van der Waals surface area contributed by atoms with E-state index < -0.39 is 5.97 Å². The second-order valence-corrected chi connectivity index (χ2v) is 1.76. The van der Waals surface area contributed by atoms with Gasteiger partial charge >= 0.3 is 5.97 Å². The minimum absolute atomic E-state index is 0.307. The summed E-state index contributed by atoms with van der Waals surface area (Å²) in [6.07, 6.45) is 1.79. The first kappa shape index (κ1) is 9.01. The molecule has 0 bridgehead atoms. The Morgan fingerprint density at radius 2 is 2.20 bits per heavy atom. The number of hydrogen-bond donors (Lipinski definition) is 1. The second-order valence-electron chi connectivity index (χ2n) is 1.76. The topological polar surface area (TPSA) is 46.5 Å². The van der Waals surface area contributed by atoms with Crippen molar-refractivity contribution in [3.63, 3.8) is 0 Å². The minimum Gasteiger partial charge on any atom is -0.501 e. The third-order valence-corrected chi connectivity index (χ3v) is 1.05. The Morgan fingerprint density at radius 1 is 1.60 bits per heavy atom. The Hall–Kier alpha value is -0.990. The molecule has 0 aliphatic carbocycles. The number of rotatable bonds is 4. The first-order valence-electron chi connectivity index (χ1n) is 3.26. The van der Waals surface area contributed by atoms with Gasteiger partial charge < -0.3 is 9.84 Å². The van der Waals surface area contributed by atoms with Crippen LogP contribution in [0.25, 0.3) is 0 Å². The smallest absolute Gasteiger partial charge is 0.334 e. The summed E-state index contributed by atoms with van der Waals surface area (Å²) in [7, 11) is 0. The van der Waals surface area contributed by atoms with E-state index in [1.165, 1.54) is 6.26 Å². The number of carboxylic acid groups (broad SMARTS) is 1. The van der Waals surface area contributed by atoms with Crippen LogP contribution in [0.2, 0.25) is 0 Å². The summed E-state index contributed by atoms with van der Waals surface area (Å²) in [6.45, 7) is 4.10. The van der Waals surface area contributed by atoms with E-state index in [9.17, 15) is 4.79 Å². The molecule has 0 rings (SSSR count). The maximum Gasteiger partial charge on any atom is 0.334 e. The molecule has 3 heteroatoms. The summed E-state index contributed by atoms with van der Waals surface area (Å²) in [5.41, 5.74) is 0.307. The van der Waals surface area contributed by atoms with Crippen LogP contribution in [-0.2, 0) is 9.53 Å². The first-order chi connectivity index (χ1) is 4.72. The van der Waals surface area contributed by atoms with Crippen LogP contribution in [0.4, 0.5) is 0 Å². The zero-order valence-electron chi connectivity index (χ0n) is 6.26. The Balaban J connectivity index is 3.91. The van der Waals surface area contributed by atoms with E-state index in [1.54, 1.807) is 6.92 Å². The lowest BCUT2D eigenvalue weighted by molar-refractivity contribution is -0.132. The van der Waals surface area contributed by atoms with Gasteiger partial charge in [-0.2, -0.15) is 0 Å². The lowest BCUT2D eigenvalue weighted by atomic mass is 10.2. The average molecular weight is 144 g/mol. The Labute approximate surface area is 60.3 Å². The molecule has 0 heterocycles. The van der Waals surface area contributed by atoms with Crippen molar-refractivity contribution in [2.75, 3.05) is 6.61 Å². The molecule has 58 valence electrons. The predicted octanol–water partition coefficient (Wildman–Crippen LogP) is 1.40. The highest BCUT2D eigenvalue weighted by Gasteiger charge is 2.02. The molecule has 0 aromatic heterocycles. The van der Waals surface area contributed by atoms with Crippen LogP contribution in [0.1, 0.15) is 20.3 Å².